The Hall–Kier alpha value is -1.01. The van der Waals surface area contributed by atoms with E-state index in [0.29, 0.717) is 6.04 Å². The van der Waals surface area contributed by atoms with Crippen molar-refractivity contribution in [2.24, 2.45) is 0 Å². The van der Waals surface area contributed by atoms with Crippen molar-refractivity contribution in [3.8, 4) is 0 Å². The number of nitrogens with zero attached hydrogens (tertiary/aromatic N) is 2. The van der Waals surface area contributed by atoms with E-state index in [1.165, 1.54) is 0 Å². The molecule has 0 saturated carbocycles. The predicted molar refractivity (Wildman–Crippen MR) is 85.6 cm³/mol. The lowest BCUT2D eigenvalue weighted by Gasteiger charge is -2.24. The third-order valence-electron chi connectivity index (χ3n) is 3.43. The average Bonchev–Trinajstić information content (AvgIpc) is 2.47. The second kappa shape index (κ2) is 7.13. The SMILES string of the molecule is CSC(C)(C)CNc1cc(NC2CCCOC2)ncn1. The van der Waals surface area contributed by atoms with Crippen molar-refractivity contribution < 1.29 is 4.74 Å². The fourth-order valence-corrected chi connectivity index (χ4v) is 2.19. The monoisotopic (exact) mass is 296 g/mol. The normalized spacial score (nSPS) is 19.6. The molecule has 20 heavy (non-hydrogen) atoms. The van der Waals surface area contributed by atoms with Crippen LogP contribution in [0.4, 0.5) is 11.6 Å². The quantitative estimate of drug-likeness (QED) is 0.841. The molecule has 112 valence electrons. The van der Waals surface area contributed by atoms with Gasteiger partial charge in [-0.15, -0.1) is 0 Å². The number of anilines is 2. The topological polar surface area (TPSA) is 59.1 Å². The number of hydrogen-bond acceptors (Lipinski definition) is 6. The van der Waals surface area contributed by atoms with Crippen molar-refractivity contribution in [3.63, 3.8) is 0 Å². The molecule has 0 aliphatic carbocycles. The van der Waals surface area contributed by atoms with E-state index in [1.54, 1.807) is 6.33 Å². The zero-order valence-electron chi connectivity index (χ0n) is 12.5. The van der Waals surface area contributed by atoms with Crippen LogP contribution in [0.15, 0.2) is 12.4 Å². The van der Waals surface area contributed by atoms with Crippen LogP contribution in [0.5, 0.6) is 0 Å². The molecule has 1 aliphatic rings. The van der Waals surface area contributed by atoms with Crippen molar-refractivity contribution in [3.05, 3.63) is 12.4 Å². The summed E-state index contributed by atoms with van der Waals surface area (Å²) >= 11 is 1.84. The Labute approximate surface area is 125 Å². The summed E-state index contributed by atoms with van der Waals surface area (Å²) in [5.74, 6) is 1.72. The molecule has 1 saturated heterocycles. The molecule has 5 nitrogen and oxygen atoms in total. The van der Waals surface area contributed by atoms with Gasteiger partial charge in [0.15, 0.2) is 0 Å². The summed E-state index contributed by atoms with van der Waals surface area (Å²) in [5, 5.41) is 6.78. The van der Waals surface area contributed by atoms with Crippen LogP contribution in [0.25, 0.3) is 0 Å². The van der Waals surface area contributed by atoms with Gasteiger partial charge in [0.25, 0.3) is 0 Å². The van der Waals surface area contributed by atoms with Crippen LogP contribution in [0.3, 0.4) is 0 Å². The number of rotatable bonds is 6. The van der Waals surface area contributed by atoms with Crippen LogP contribution in [-0.4, -0.2) is 46.8 Å². The van der Waals surface area contributed by atoms with Gasteiger partial charge in [0.1, 0.15) is 18.0 Å². The van der Waals surface area contributed by atoms with Crippen LogP contribution < -0.4 is 10.6 Å². The maximum atomic E-state index is 5.47. The van der Waals surface area contributed by atoms with Gasteiger partial charge in [0.05, 0.1) is 12.6 Å². The van der Waals surface area contributed by atoms with Gasteiger partial charge in [-0.1, -0.05) is 0 Å². The number of thioether (sulfide) groups is 1. The van der Waals surface area contributed by atoms with Crippen molar-refractivity contribution >= 4 is 23.4 Å². The number of hydrogen-bond donors (Lipinski definition) is 2. The Kier molecular flexibility index (Phi) is 5.48. The van der Waals surface area contributed by atoms with E-state index in [1.807, 2.05) is 17.8 Å². The van der Waals surface area contributed by atoms with E-state index in [9.17, 15) is 0 Å². The molecule has 0 aromatic carbocycles. The minimum absolute atomic E-state index is 0.190. The summed E-state index contributed by atoms with van der Waals surface area (Å²) in [5.41, 5.74) is 0. The maximum Gasteiger partial charge on any atom is 0.131 e. The van der Waals surface area contributed by atoms with Crippen molar-refractivity contribution in [2.75, 3.05) is 36.6 Å². The largest absolute Gasteiger partial charge is 0.379 e. The summed E-state index contributed by atoms with van der Waals surface area (Å²) in [6.45, 7) is 6.93. The number of ether oxygens (including phenoxy) is 1. The summed E-state index contributed by atoms with van der Waals surface area (Å²) in [4.78, 5) is 8.54. The molecule has 2 N–H and O–H groups in total. The molecule has 0 bridgehead atoms. The lowest BCUT2D eigenvalue weighted by Crippen LogP contribution is -2.30. The highest BCUT2D eigenvalue weighted by molar-refractivity contribution is 7.99. The van der Waals surface area contributed by atoms with Crippen LogP contribution in [0.1, 0.15) is 26.7 Å². The lowest BCUT2D eigenvalue weighted by atomic mass is 10.1. The summed E-state index contributed by atoms with van der Waals surface area (Å²) in [6.07, 6.45) is 5.96. The van der Waals surface area contributed by atoms with Crippen LogP contribution in [0.2, 0.25) is 0 Å². The van der Waals surface area contributed by atoms with E-state index >= 15 is 0 Å². The highest BCUT2D eigenvalue weighted by Gasteiger charge is 2.16. The Balaban J connectivity index is 1.90. The number of nitrogens with one attached hydrogen (secondary N) is 2. The first kappa shape index (κ1) is 15.4. The van der Waals surface area contributed by atoms with Gasteiger partial charge in [-0.25, -0.2) is 9.97 Å². The van der Waals surface area contributed by atoms with Gasteiger partial charge in [-0.3, -0.25) is 0 Å². The molecule has 1 aromatic rings. The fourth-order valence-electron chi connectivity index (χ4n) is 1.97. The van der Waals surface area contributed by atoms with Gasteiger partial charge in [-0.2, -0.15) is 11.8 Å². The second-order valence-corrected chi connectivity index (χ2v) is 7.18. The van der Waals surface area contributed by atoms with Gasteiger partial charge in [0, 0.05) is 24.0 Å². The molecule has 6 heteroatoms. The minimum Gasteiger partial charge on any atom is -0.379 e. The molecular weight excluding hydrogens is 272 g/mol. The molecule has 2 heterocycles. The van der Waals surface area contributed by atoms with E-state index in [0.717, 1.165) is 44.2 Å². The van der Waals surface area contributed by atoms with Crippen molar-refractivity contribution in [2.45, 2.75) is 37.5 Å². The maximum absolute atomic E-state index is 5.47. The molecule has 1 aromatic heterocycles. The van der Waals surface area contributed by atoms with Gasteiger partial charge in [0.2, 0.25) is 0 Å². The molecule has 1 atom stereocenters. The molecule has 0 radical (unpaired) electrons. The third-order valence-corrected chi connectivity index (χ3v) is 4.68. The van der Waals surface area contributed by atoms with Crippen LogP contribution in [-0.2, 0) is 4.74 Å². The summed E-state index contributed by atoms with van der Waals surface area (Å²) in [6, 6.07) is 2.32. The van der Waals surface area contributed by atoms with Crippen LogP contribution >= 0.6 is 11.8 Å². The van der Waals surface area contributed by atoms with Gasteiger partial charge < -0.3 is 15.4 Å². The van der Waals surface area contributed by atoms with E-state index < -0.39 is 0 Å². The molecule has 1 aliphatic heterocycles. The smallest absolute Gasteiger partial charge is 0.131 e. The zero-order chi connectivity index (χ0) is 14.4. The van der Waals surface area contributed by atoms with E-state index in [2.05, 4.69) is 40.7 Å². The Bertz CT molecular complexity index is 421. The zero-order valence-corrected chi connectivity index (χ0v) is 13.3. The van der Waals surface area contributed by atoms with E-state index in [4.69, 9.17) is 4.74 Å². The Morgan fingerprint density at radius 3 is 2.90 bits per heavy atom. The summed E-state index contributed by atoms with van der Waals surface area (Å²) < 4.78 is 5.66. The second-order valence-electron chi connectivity index (χ2n) is 5.66. The Morgan fingerprint density at radius 1 is 1.40 bits per heavy atom. The first-order valence-electron chi connectivity index (χ1n) is 7.04. The van der Waals surface area contributed by atoms with Gasteiger partial charge in [-0.05, 0) is 32.9 Å². The summed E-state index contributed by atoms with van der Waals surface area (Å²) in [7, 11) is 0. The fraction of sp³-hybridized carbons (Fsp3) is 0.714. The molecule has 2 rings (SSSR count). The minimum atomic E-state index is 0.190. The first-order valence-corrected chi connectivity index (χ1v) is 8.27. The molecular formula is C14H24N4OS. The first-order chi connectivity index (χ1) is 9.59. The van der Waals surface area contributed by atoms with Crippen molar-refractivity contribution in [1.82, 2.24) is 9.97 Å². The van der Waals surface area contributed by atoms with Gasteiger partial charge >= 0.3 is 0 Å². The Morgan fingerprint density at radius 2 is 2.20 bits per heavy atom. The van der Waals surface area contributed by atoms with E-state index in [-0.39, 0.29) is 4.75 Å². The molecule has 0 amide bonds. The standard InChI is InChI=1S/C14H24N4OS/c1-14(2,20-3)9-15-12-7-13(17-10-16-12)18-11-5-4-6-19-8-11/h7,10-11H,4-6,8-9H2,1-3H3,(H2,15,16,17,18). The highest BCUT2D eigenvalue weighted by atomic mass is 32.2. The predicted octanol–water partition coefficient (Wildman–Crippen LogP) is 2.62. The molecule has 0 spiro atoms. The highest BCUT2D eigenvalue weighted by Crippen LogP contribution is 2.22. The molecule has 1 unspecified atom stereocenters. The van der Waals surface area contributed by atoms with Crippen molar-refractivity contribution in [1.29, 1.82) is 0 Å². The van der Waals surface area contributed by atoms with Crippen LogP contribution in [0, 0.1) is 0 Å². The number of aromatic nitrogens is 2. The average molecular weight is 296 g/mol. The molecule has 1 fully saturated rings. The lowest BCUT2D eigenvalue weighted by molar-refractivity contribution is 0.0875. The third kappa shape index (κ3) is 4.83.